The molecule has 86 valence electrons. The van der Waals surface area contributed by atoms with Crippen molar-refractivity contribution in [2.75, 3.05) is 14.1 Å². The van der Waals surface area contributed by atoms with E-state index in [1.54, 1.807) is 0 Å². The Hall–Kier alpha value is -1.15. The molecule has 7 nitrogen and oxygen atoms in total. The van der Waals surface area contributed by atoms with E-state index in [2.05, 4.69) is 21.1 Å². The summed E-state index contributed by atoms with van der Waals surface area (Å²) in [6.07, 6.45) is 0. The van der Waals surface area contributed by atoms with Crippen LogP contribution in [0.2, 0.25) is 0 Å². The van der Waals surface area contributed by atoms with E-state index in [1.807, 2.05) is 0 Å². The maximum Gasteiger partial charge on any atom is 0.357 e. The van der Waals surface area contributed by atoms with Gasteiger partial charge in [0.1, 0.15) is 0 Å². The Morgan fingerprint density at radius 2 is 1.88 bits per heavy atom. The number of hydrogen-bond donors (Lipinski definition) is 0. The van der Waals surface area contributed by atoms with E-state index in [9.17, 15) is 14.4 Å². The van der Waals surface area contributed by atoms with Crippen LogP contribution in [0, 0.1) is 0 Å². The number of aliphatic imine (C=N–C) groups is 1. The molecule has 2 aliphatic heterocycles. The number of imide groups is 1. The van der Waals surface area contributed by atoms with Gasteiger partial charge in [-0.1, -0.05) is 11.6 Å². The number of rotatable bonds is 0. The van der Waals surface area contributed by atoms with Crippen molar-refractivity contribution in [1.82, 2.24) is 13.7 Å². The van der Waals surface area contributed by atoms with E-state index >= 15 is 0 Å². The lowest BCUT2D eigenvalue weighted by Crippen LogP contribution is -2.67. The highest BCUT2D eigenvalue weighted by molar-refractivity contribution is 9.07. The van der Waals surface area contributed by atoms with Crippen LogP contribution in [-0.4, -0.2) is 56.6 Å². The highest BCUT2D eigenvalue weighted by Gasteiger charge is 2.60. The number of urea groups is 2. The zero-order valence-corrected chi connectivity index (χ0v) is 10.6. The highest BCUT2D eigenvalue weighted by atomic mass is 79.9. The zero-order chi connectivity index (χ0) is 12.2. The van der Waals surface area contributed by atoms with E-state index < -0.39 is 23.1 Å². The number of nitrogens with zero attached hydrogens (tertiary/aromatic N) is 4. The molecule has 0 aromatic carbocycles. The summed E-state index contributed by atoms with van der Waals surface area (Å²) in [4.78, 5) is 40.2. The summed E-state index contributed by atoms with van der Waals surface area (Å²) in [5.41, 5.74) is -0.194. The molecule has 2 aliphatic rings. The van der Waals surface area contributed by atoms with Crippen molar-refractivity contribution < 1.29 is 14.4 Å². The molecule has 2 rings (SSSR count). The average molecular weight is 310 g/mol. The van der Waals surface area contributed by atoms with Gasteiger partial charge in [0.05, 0.1) is 16.1 Å². The molecule has 0 radical (unpaired) electrons. The van der Waals surface area contributed by atoms with Crippen molar-refractivity contribution >= 4 is 51.4 Å². The Morgan fingerprint density at radius 1 is 1.31 bits per heavy atom. The van der Waals surface area contributed by atoms with Gasteiger partial charge in [0.25, 0.3) is 11.0 Å². The monoisotopic (exact) mass is 308 g/mol. The minimum Gasteiger partial charge on any atom is -0.285 e. The van der Waals surface area contributed by atoms with Crippen molar-refractivity contribution in [2.45, 2.75) is 5.12 Å². The molecule has 0 N–H and O–H groups in total. The second kappa shape index (κ2) is 3.17. The van der Waals surface area contributed by atoms with Crippen molar-refractivity contribution in [1.29, 1.82) is 0 Å². The Labute approximate surface area is 104 Å². The van der Waals surface area contributed by atoms with Gasteiger partial charge in [-0.2, -0.15) is 4.99 Å². The molecule has 0 aliphatic carbocycles. The summed E-state index contributed by atoms with van der Waals surface area (Å²) in [6.45, 7) is 0. The van der Waals surface area contributed by atoms with Gasteiger partial charge in [0.15, 0.2) is 5.71 Å². The standard InChI is InChI=1S/C7H6BrClN4O3/c1-11-4(14)3-7(9,12(2)6(11)16)13(8)5(15)10-3/h1-2H3. The summed E-state index contributed by atoms with van der Waals surface area (Å²) >= 11 is 9.00. The van der Waals surface area contributed by atoms with E-state index in [-0.39, 0.29) is 5.71 Å². The number of carbonyl (C=O) groups excluding carboxylic acids is 3. The summed E-state index contributed by atoms with van der Waals surface area (Å²) in [5.74, 6) is -0.687. The smallest absolute Gasteiger partial charge is 0.285 e. The molecule has 1 saturated heterocycles. The lowest BCUT2D eigenvalue weighted by molar-refractivity contribution is -0.122. The van der Waals surface area contributed by atoms with Crippen LogP contribution in [-0.2, 0) is 4.79 Å². The third-order valence-corrected chi connectivity index (χ3v) is 4.08. The topological polar surface area (TPSA) is 73.3 Å². The zero-order valence-electron chi connectivity index (χ0n) is 8.27. The van der Waals surface area contributed by atoms with E-state index in [1.165, 1.54) is 14.1 Å². The van der Waals surface area contributed by atoms with Gasteiger partial charge in [-0.25, -0.2) is 13.5 Å². The van der Waals surface area contributed by atoms with Gasteiger partial charge >= 0.3 is 12.1 Å². The summed E-state index contributed by atoms with van der Waals surface area (Å²) in [7, 11) is 2.67. The van der Waals surface area contributed by atoms with Crippen LogP contribution in [0.1, 0.15) is 0 Å². The first-order valence-electron chi connectivity index (χ1n) is 4.15. The SMILES string of the molecule is CN1C(=O)C2=NC(=O)N(Br)C2(Cl)N(C)C1=O. The third kappa shape index (κ3) is 1.08. The van der Waals surface area contributed by atoms with Crippen LogP contribution >= 0.6 is 27.7 Å². The molecule has 2 heterocycles. The molecule has 0 saturated carbocycles. The van der Waals surface area contributed by atoms with Crippen molar-refractivity contribution in [3.8, 4) is 0 Å². The normalized spacial score (nSPS) is 29.9. The largest absolute Gasteiger partial charge is 0.357 e. The van der Waals surface area contributed by atoms with Gasteiger partial charge in [0.2, 0.25) is 0 Å². The first-order valence-corrected chi connectivity index (χ1v) is 5.24. The van der Waals surface area contributed by atoms with Crippen molar-refractivity contribution in [3.05, 3.63) is 0 Å². The van der Waals surface area contributed by atoms with E-state index in [4.69, 9.17) is 11.6 Å². The lowest BCUT2D eigenvalue weighted by Gasteiger charge is -2.42. The maximum absolute atomic E-state index is 11.7. The number of fused-ring (bicyclic) bond motifs is 1. The molecule has 1 atom stereocenters. The third-order valence-electron chi connectivity index (χ3n) is 2.46. The molecular formula is C7H6BrClN4O3. The van der Waals surface area contributed by atoms with E-state index in [0.717, 1.165) is 13.7 Å². The van der Waals surface area contributed by atoms with Crippen LogP contribution in [0.4, 0.5) is 9.59 Å². The molecular weight excluding hydrogens is 303 g/mol. The number of alkyl halides is 1. The van der Waals surface area contributed by atoms with Crippen LogP contribution in [0.5, 0.6) is 0 Å². The molecule has 0 bridgehead atoms. The first-order chi connectivity index (χ1) is 7.31. The molecule has 0 aromatic heterocycles. The minimum atomic E-state index is -1.68. The molecule has 16 heavy (non-hydrogen) atoms. The fourth-order valence-electron chi connectivity index (χ4n) is 1.50. The van der Waals surface area contributed by atoms with Gasteiger partial charge in [0, 0.05) is 14.1 Å². The summed E-state index contributed by atoms with van der Waals surface area (Å²) < 4.78 is 0.861. The van der Waals surface area contributed by atoms with Crippen molar-refractivity contribution in [3.63, 3.8) is 0 Å². The lowest BCUT2D eigenvalue weighted by atomic mass is 10.2. The molecule has 0 aromatic rings. The van der Waals surface area contributed by atoms with Gasteiger partial charge < -0.3 is 0 Å². The first kappa shape index (κ1) is 11.3. The number of carbonyl (C=O) groups is 3. The van der Waals surface area contributed by atoms with Gasteiger partial charge in [-0.3, -0.25) is 14.6 Å². The molecule has 0 spiro atoms. The Balaban J connectivity index is 2.60. The predicted molar refractivity (Wildman–Crippen MR) is 58.1 cm³/mol. The van der Waals surface area contributed by atoms with E-state index in [0.29, 0.717) is 0 Å². The number of hydrogen-bond acceptors (Lipinski definition) is 3. The maximum atomic E-state index is 11.7. The van der Waals surface area contributed by atoms with Crippen LogP contribution in [0.15, 0.2) is 4.99 Å². The quantitative estimate of drug-likeness (QED) is 0.373. The van der Waals surface area contributed by atoms with Gasteiger partial charge in [-0.05, 0) is 0 Å². The van der Waals surface area contributed by atoms with Crippen LogP contribution < -0.4 is 0 Å². The Bertz CT molecular complexity index is 453. The number of amides is 5. The molecule has 1 fully saturated rings. The Kier molecular flexibility index (Phi) is 2.25. The summed E-state index contributed by atoms with van der Waals surface area (Å²) in [5, 5.41) is -1.68. The highest BCUT2D eigenvalue weighted by Crippen LogP contribution is 2.38. The van der Waals surface area contributed by atoms with Gasteiger partial charge in [-0.15, -0.1) is 0 Å². The molecule has 9 heteroatoms. The second-order valence-corrected chi connectivity index (χ2v) is 4.55. The fourth-order valence-corrected chi connectivity index (χ4v) is 2.26. The Morgan fingerprint density at radius 3 is 2.44 bits per heavy atom. The van der Waals surface area contributed by atoms with Crippen LogP contribution in [0.3, 0.4) is 0 Å². The summed E-state index contributed by atoms with van der Waals surface area (Å²) in [6, 6.07) is -1.34. The second-order valence-electron chi connectivity index (χ2n) is 3.32. The molecule has 1 unspecified atom stereocenters. The minimum absolute atomic E-state index is 0.194. The average Bonchev–Trinajstić information content (AvgIpc) is 2.49. The van der Waals surface area contributed by atoms with Crippen LogP contribution in [0.25, 0.3) is 0 Å². The van der Waals surface area contributed by atoms with Crippen molar-refractivity contribution in [2.24, 2.45) is 4.99 Å². The fraction of sp³-hybridized carbons (Fsp3) is 0.429. The molecule has 5 amide bonds. The predicted octanol–water partition coefficient (Wildman–Crippen LogP) is 0.589. The number of halogens is 2.